The van der Waals surface area contributed by atoms with Gasteiger partial charge in [0.2, 0.25) is 5.91 Å². The Hall–Kier alpha value is -2.67. The number of hydrogen-bond donors (Lipinski definition) is 2. The Bertz CT molecular complexity index is 853. The van der Waals surface area contributed by atoms with Gasteiger partial charge in [0, 0.05) is 29.5 Å². The maximum atomic E-state index is 12.3. The number of hydrazine groups is 1. The predicted octanol–water partition coefficient (Wildman–Crippen LogP) is 2.65. The fourth-order valence-corrected chi connectivity index (χ4v) is 3.27. The second-order valence-corrected chi connectivity index (χ2v) is 6.86. The number of halogens is 1. The number of carbonyl (C=O) groups is 3. The first-order valence-electron chi connectivity index (χ1n) is 8.26. The molecule has 0 atom stereocenters. The van der Waals surface area contributed by atoms with Crippen molar-refractivity contribution < 1.29 is 14.4 Å². The molecule has 6 nitrogen and oxygen atoms in total. The third kappa shape index (κ3) is 4.29. The molecule has 0 aliphatic carbocycles. The average Bonchev–Trinajstić information content (AvgIpc) is 3.04. The lowest BCUT2D eigenvalue weighted by Crippen LogP contribution is -2.41. The van der Waals surface area contributed by atoms with E-state index in [-0.39, 0.29) is 5.91 Å². The van der Waals surface area contributed by atoms with Crippen LogP contribution in [-0.4, -0.2) is 29.2 Å². The van der Waals surface area contributed by atoms with Crippen molar-refractivity contribution in [3.05, 3.63) is 69.7 Å². The number of carbonyl (C=O) groups excluding carboxylic acids is 3. The van der Waals surface area contributed by atoms with Crippen molar-refractivity contribution in [2.75, 3.05) is 6.54 Å². The van der Waals surface area contributed by atoms with E-state index in [9.17, 15) is 14.4 Å². The molecule has 3 rings (SSSR count). The number of nitrogens with one attached hydrogen (secondary N) is 2. The molecule has 0 bridgehead atoms. The topological polar surface area (TPSA) is 78.5 Å². The van der Waals surface area contributed by atoms with Gasteiger partial charge in [-0.1, -0.05) is 24.3 Å². The zero-order valence-electron chi connectivity index (χ0n) is 14.0. The summed E-state index contributed by atoms with van der Waals surface area (Å²) in [7, 11) is 0. The maximum absolute atomic E-state index is 12.3. The van der Waals surface area contributed by atoms with Crippen LogP contribution in [0.5, 0.6) is 0 Å². The SMILES string of the molecule is O=C(NNC(=O)c1ccccc1Br)c1cccc(CN2CCCC2=O)c1. The zero-order valence-corrected chi connectivity index (χ0v) is 15.6. The summed E-state index contributed by atoms with van der Waals surface area (Å²) in [5.74, 6) is -0.690. The van der Waals surface area contributed by atoms with Crippen LogP contribution in [0.1, 0.15) is 39.1 Å². The Morgan fingerprint density at radius 2 is 1.81 bits per heavy atom. The van der Waals surface area contributed by atoms with Gasteiger partial charge in [-0.15, -0.1) is 0 Å². The quantitative estimate of drug-likeness (QED) is 0.753. The summed E-state index contributed by atoms with van der Waals surface area (Å²) < 4.78 is 0.643. The highest BCUT2D eigenvalue weighted by atomic mass is 79.9. The van der Waals surface area contributed by atoms with E-state index in [0.29, 0.717) is 28.6 Å². The molecule has 0 radical (unpaired) electrons. The molecule has 0 aromatic heterocycles. The van der Waals surface area contributed by atoms with Crippen LogP contribution in [0.4, 0.5) is 0 Å². The second kappa shape index (κ2) is 8.14. The third-order valence-corrected chi connectivity index (χ3v) is 4.83. The van der Waals surface area contributed by atoms with E-state index in [0.717, 1.165) is 18.5 Å². The van der Waals surface area contributed by atoms with Crippen LogP contribution in [0.3, 0.4) is 0 Å². The molecule has 0 saturated carbocycles. The van der Waals surface area contributed by atoms with Crippen LogP contribution < -0.4 is 10.9 Å². The van der Waals surface area contributed by atoms with Gasteiger partial charge in [0.1, 0.15) is 0 Å². The van der Waals surface area contributed by atoms with E-state index in [1.807, 2.05) is 6.07 Å². The first-order chi connectivity index (χ1) is 12.5. The molecule has 1 saturated heterocycles. The molecule has 1 aliphatic heterocycles. The first-order valence-corrected chi connectivity index (χ1v) is 9.06. The molecule has 3 amide bonds. The molecule has 0 spiro atoms. The number of benzene rings is 2. The smallest absolute Gasteiger partial charge is 0.270 e. The van der Waals surface area contributed by atoms with Crippen LogP contribution in [0.2, 0.25) is 0 Å². The monoisotopic (exact) mass is 415 g/mol. The lowest BCUT2D eigenvalue weighted by Gasteiger charge is -2.16. The van der Waals surface area contributed by atoms with Gasteiger partial charge < -0.3 is 4.90 Å². The van der Waals surface area contributed by atoms with Crippen molar-refractivity contribution in [1.29, 1.82) is 0 Å². The Morgan fingerprint density at radius 3 is 2.54 bits per heavy atom. The molecule has 1 aliphatic rings. The molecule has 26 heavy (non-hydrogen) atoms. The summed E-state index contributed by atoms with van der Waals surface area (Å²) in [6.07, 6.45) is 1.46. The Morgan fingerprint density at radius 1 is 1.04 bits per heavy atom. The van der Waals surface area contributed by atoms with Crippen LogP contribution in [0, 0.1) is 0 Å². The number of likely N-dealkylation sites (tertiary alicyclic amines) is 1. The molecular weight excluding hydrogens is 398 g/mol. The van der Waals surface area contributed by atoms with Crippen molar-refractivity contribution in [2.45, 2.75) is 19.4 Å². The molecule has 7 heteroatoms. The standard InChI is InChI=1S/C19H18BrN3O3/c20-16-8-2-1-7-15(16)19(26)22-21-18(25)14-6-3-5-13(11-14)12-23-10-4-9-17(23)24/h1-3,5-8,11H,4,9-10,12H2,(H,21,25)(H,22,26). The van der Waals surface area contributed by atoms with Crippen molar-refractivity contribution in [3.8, 4) is 0 Å². The lowest BCUT2D eigenvalue weighted by molar-refractivity contribution is -0.128. The summed E-state index contributed by atoms with van der Waals surface area (Å²) in [6.45, 7) is 1.24. The normalized spacial score (nSPS) is 13.6. The molecule has 1 heterocycles. The van der Waals surface area contributed by atoms with Gasteiger partial charge in [-0.3, -0.25) is 25.2 Å². The van der Waals surface area contributed by atoms with Crippen LogP contribution >= 0.6 is 15.9 Å². The van der Waals surface area contributed by atoms with E-state index in [1.165, 1.54) is 0 Å². The predicted molar refractivity (Wildman–Crippen MR) is 100 cm³/mol. The van der Waals surface area contributed by atoms with Crippen molar-refractivity contribution >= 4 is 33.7 Å². The van der Waals surface area contributed by atoms with Gasteiger partial charge in [-0.25, -0.2) is 0 Å². The van der Waals surface area contributed by atoms with E-state index >= 15 is 0 Å². The van der Waals surface area contributed by atoms with Gasteiger partial charge in [-0.2, -0.15) is 0 Å². The first kappa shape index (κ1) is 18.1. The van der Waals surface area contributed by atoms with E-state index in [4.69, 9.17) is 0 Å². The summed E-state index contributed by atoms with van der Waals surface area (Å²) >= 11 is 3.30. The van der Waals surface area contributed by atoms with Crippen molar-refractivity contribution in [1.82, 2.24) is 15.8 Å². The highest BCUT2D eigenvalue weighted by Gasteiger charge is 2.20. The van der Waals surface area contributed by atoms with E-state index in [2.05, 4.69) is 26.8 Å². The summed E-state index contributed by atoms with van der Waals surface area (Å²) in [5, 5.41) is 0. The van der Waals surface area contributed by atoms with Crippen LogP contribution in [-0.2, 0) is 11.3 Å². The van der Waals surface area contributed by atoms with Gasteiger partial charge in [0.05, 0.1) is 5.56 Å². The highest BCUT2D eigenvalue weighted by molar-refractivity contribution is 9.10. The molecule has 2 aromatic rings. The Labute approximate surface area is 159 Å². The number of rotatable bonds is 4. The Kier molecular flexibility index (Phi) is 5.68. The number of amides is 3. The average molecular weight is 416 g/mol. The molecule has 1 fully saturated rings. The molecular formula is C19H18BrN3O3. The second-order valence-electron chi connectivity index (χ2n) is 6.01. The molecule has 0 unspecified atom stereocenters. The van der Waals surface area contributed by atoms with Crippen molar-refractivity contribution in [3.63, 3.8) is 0 Å². The van der Waals surface area contributed by atoms with Gasteiger partial charge in [0.15, 0.2) is 0 Å². The fourth-order valence-electron chi connectivity index (χ4n) is 2.80. The van der Waals surface area contributed by atoms with Crippen LogP contribution in [0.15, 0.2) is 53.0 Å². The molecule has 2 N–H and O–H groups in total. The minimum Gasteiger partial charge on any atom is -0.338 e. The van der Waals surface area contributed by atoms with Crippen molar-refractivity contribution in [2.24, 2.45) is 0 Å². The number of nitrogens with zero attached hydrogens (tertiary/aromatic N) is 1. The van der Waals surface area contributed by atoms with Crippen LogP contribution in [0.25, 0.3) is 0 Å². The van der Waals surface area contributed by atoms with Gasteiger partial charge in [-0.05, 0) is 52.2 Å². The largest absolute Gasteiger partial charge is 0.338 e. The fraction of sp³-hybridized carbons (Fsp3) is 0.211. The van der Waals surface area contributed by atoms with Gasteiger partial charge >= 0.3 is 0 Å². The maximum Gasteiger partial charge on any atom is 0.270 e. The highest BCUT2D eigenvalue weighted by Crippen LogP contribution is 2.16. The van der Waals surface area contributed by atoms with E-state index in [1.54, 1.807) is 47.4 Å². The number of hydrogen-bond acceptors (Lipinski definition) is 3. The molecule has 2 aromatic carbocycles. The lowest BCUT2D eigenvalue weighted by atomic mass is 10.1. The third-order valence-electron chi connectivity index (χ3n) is 4.14. The van der Waals surface area contributed by atoms with E-state index < -0.39 is 11.8 Å². The zero-order chi connectivity index (χ0) is 18.5. The minimum atomic E-state index is -0.417. The summed E-state index contributed by atoms with van der Waals surface area (Å²) in [4.78, 5) is 38.0. The summed E-state index contributed by atoms with van der Waals surface area (Å²) in [5.41, 5.74) is 6.54. The Balaban J connectivity index is 1.61. The summed E-state index contributed by atoms with van der Waals surface area (Å²) in [6, 6.07) is 14.0. The minimum absolute atomic E-state index is 0.139. The van der Waals surface area contributed by atoms with Gasteiger partial charge in [0.25, 0.3) is 11.8 Å². The molecule has 134 valence electrons.